The Kier molecular flexibility index (Phi) is 5.90. The normalized spacial score (nSPS) is 16.6. The second-order valence-electron chi connectivity index (χ2n) is 5.55. The van der Waals surface area contributed by atoms with E-state index >= 15 is 0 Å². The first-order valence-electron chi connectivity index (χ1n) is 6.57. The van der Waals surface area contributed by atoms with Crippen molar-refractivity contribution in [3.8, 4) is 0 Å². The molecular weight excluding hydrogens is 246 g/mol. The van der Waals surface area contributed by atoms with Gasteiger partial charge in [-0.1, -0.05) is 12.1 Å². The number of nitrogens with two attached hydrogens (primary N) is 1. The molecule has 0 saturated carbocycles. The van der Waals surface area contributed by atoms with Crippen molar-refractivity contribution < 1.29 is 14.0 Å². The second kappa shape index (κ2) is 6.98. The molecule has 1 rings (SSSR count). The third-order valence-electron chi connectivity index (χ3n) is 2.67. The van der Waals surface area contributed by atoms with Crippen molar-refractivity contribution in [3.63, 3.8) is 0 Å². The lowest BCUT2D eigenvalue weighted by atomic mass is 10.0. The molecule has 1 aromatic heterocycles. The highest BCUT2D eigenvalue weighted by Crippen LogP contribution is 2.17. The quantitative estimate of drug-likeness (QED) is 0.771. The highest BCUT2D eigenvalue weighted by atomic mass is 16.5. The van der Waals surface area contributed by atoms with Gasteiger partial charge >= 0.3 is 0 Å². The molecule has 0 amide bonds. The number of methoxy groups -OCH3 is 1. The van der Waals surface area contributed by atoms with Crippen molar-refractivity contribution in [2.45, 2.75) is 45.8 Å². The maximum atomic E-state index is 6.15. The molecule has 1 aromatic rings. The SMILES string of the molecule is COCC(C)Cc1nc(C(C)(N)COC(C)C)no1. The van der Waals surface area contributed by atoms with Crippen LogP contribution in [0, 0.1) is 5.92 Å². The smallest absolute Gasteiger partial charge is 0.227 e. The topological polar surface area (TPSA) is 83.4 Å². The first-order chi connectivity index (χ1) is 8.85. The Bertz CT molecular complexity index is 377. The third-order valence-corrected chi connectivity index (χ3v) is 2.67. The van der Waals surface area contributed by atoms with Gasteiger partial charge in [-0.25, -0.2) is 0 Å². The summed E-state index contributed by atoms with van der Waals surface area (Å²) >= 11 is 0. The van der Waals surface area contributed by atoms with Gasteiger partial charge in [0.25, 0.3) is 0 Å². The predicted octanol–water partition coefficient (Wildman–Crippen LogP) is 1.49. The monoisotopic (exact) mass is 271 g/mol. The molecule has 6 heteroatoms. The second-order valence-corrected chi connectivity index (χ2v) is 5.55. The molecule has 0 aliphatic rings. The maximum Gasteiger partial charge on any atom is 0.227 e. The zero-order valence-electron chi connectivity index (χ0n) is 12.5. The van der Waals surface area contributed by atoms with Crippen LogP contribution in [0.25, 0.3) is 0 Å². The Balaban J connectivity index is 2.62. The molecule has 2 atom stereocenters. The van der Waals surface area contributed by atoms with E-state index in [1.165, 1.54) is 0 Å². The zero-order chi connectivity index (χ0) is 14.5. The summed E-state index contributed by atoms with van der Waals surface area (Å²) in [5.41, 5.74) is 5.41. The molecule has 110 valence electrons. The molecule has 2 unspecified atom stereocenters. The third kappa shape index (κ3) is 5.26. The van der Waals surface area contributed by atoms with E-state index in [1.807, 2.05) is 20.8 Å². The fourth-order valence-corrected chi connectivity index (χ4v) is 1.62. The van der Waals surface area contributed by atoms with Crippen LogP contribution < -0.4 is 5.73 Å². The predicted molar refractivity (Wildman–Crippen MR) is 71.7 cm³/mol. The summed E-state index contributed by atoms with van der Waals surface area (Å²) in [5.74, 6) is 1.39. The van der Waals surface area contributed by atoms with Crippen molar-refractivity contribution in [2.24, 2.45) is 11.7 Å². The average molecular weight is 271 g/mol. The number of aromatic nitrogens is 2. The summed E-state index contributed by atoms with van der Waals surface area (Å²) in [6, 6.07) is 0. The molecule has 0 saturated heterocycles. The molecule has 6 nitrogen and oxygen atoms in total. The fourth-order valence-electron chi connectivity index (χ4n) is 1.62. The lowest BCUT2D eigenvalue weighted by Crippen LogP contribution is -2.40. The number of hydrogen-bond acceptors (Lipinski definition) is 6. The zero-order valence-corrected chi connectivity index (χ0v) is 12.5. The van der Waals surface area contributed by atoms with Gasteiger partial charge in [-0.05, 0) is 26.7 Å². The minimum atomic E-state index is -0.740. The molecule has 2 N–H and O–H groups in total. The van der Waals surface area contributed by atoms with E-state index in [4.69, 9.17) is 19.7 Å². The van der Waals surface area contributed by atoms with Crippen LogP contribution in [0.2, 0.25) is 0 Å². The standard InChI is InChI=1S/C13H25N3O3/c1-9(2)18-8-13(4,14)12-15-11(19-16-12)6-10(3)7-17-5/h9-10H,6-8,14H2,1-5H3. The lowest BCUT2D eigenvalue weighted by Gasteiger charge is -2.21. The molecule has 0 aliphatic heterocycles. The summed E-state index contributed by atoms with van der Waals surface area (Å²) in [6.07, 6.45) is 0.804. The summed E-state index contributed by atoms with van der Waals surface area (Å²) in [7, 11) is 1.68. The summed E-state index contributed by atoms with van der Waals surface area (Å²) in [5, 5.41) is 3.95. The maximum absolute atomic E-state index is 6.15. The Morgan fingerprint density at radius 2 is 2.05 bits per heavy atom. The summed E-state index contributed by atoms with van der Waals surface area (Å²) in [4.78, 5) is 4.34. The van der Waals surface area contributed by atoms with Crippen LogP contribution in [0.5, 0.6) is 0 Å². The number of ether oxygens (including phenoxy) is 2. The van der Waals surface area contributed by atoms with Gasteiger partial charge in [0.15, 0.2) is 5.82 Å². The van der Waals surface area contributed by atoms with E-state index < -0.39 is 5.54 Å². The van der Waals surface area contributed by atoms with Crippen LogP contribution in [-0.2, 0) is 21.4 Å². The van der Waals surface area contributed by atoms with E-state index in [-0.39, 0.29) is 6.10 Å². The average Bonchev–Trinajstić information content (AvgIpc) is 2.76. The Morgan fingerprint density at radius 3 is 2.63 bits per heavy atom. The molecule has 19 heavy (non-hydrogen) atoms. The van der Waals surface area contributed by atoms with Crippen molar-refractivity contribution in [2.75, 3.05) is 20.3 Å². The molecule has 0 aromatic carbocycles. The van der Waals surface area contributed by atoms with Crippen LogP contribution in [0.3, 0.4) is 0 Å². The fraction of sp³-hybridized carbons (Fsp3) is 0.846. The van der Waals surface area contributed by atoms with Crippen LogP contribution in [0.15, 0.2) is 4.52 Å². The Hall–Kier alpha value is -0.980. The van der Waals surface area contributed by atoms with Crippen LogP contribution in [-0.4, -0.2) is 36.6 Å². The van der Waals surface area contributed by atoms with Gasteiger partial charge in [0, 0.05) is 20.1 Å². The van der Waals surface area contributed by atoms with E-state index in [0.29, 0.717) is 37.3 Å². The van der Waals surface area contributed by atoms with Gasteiger partial charge in [-0.15, -0.1) is 0 Å². The lowest BCUT2D eigenvalue weighted by molar-refractivity contribution is 0.0410. The van der Waals surface area contributed by atoms with E-state index in [0.717, 1.165) is 0 Å². The first kappa shape index (κ1) is 16.1. The first-order valence-corrected chi connectivity index (χ1v) is 6.57. The molecule has 1 heterocycles. The van der Waals surface area contributed by atoms with Gasteiger partial charge in [-0.2, -0.15) is 4.98 Å². The summed E-state index contributed by atoms with van der Waals surface area (Å²) in [6.45, 7) is 8.85. The van der Waals surface area contributed by atoms with E-state index in [2.05, 4.69) is 17.1 Å². The number of rotatable bonds is 8. The van der Waals surface area contributed by atoms with E-state index in [1.54, 1.807) is 7.11 Å². The Morgan fingerprint density at radius 1 is 1.37 bits per heavy atom. The minimum absolute atomic E-state index is 0.121. The molecule has 0 fully saturated rings. The molecular formula is C13H25N3O3. The molecule has 0 spiro atoms. The van der Waals surface area contributed by atoms with Gasteiger partial charge in [0.05, 0.1) is 12.7 Å². The highest BCUT2D eigenvalue weighted by Gasteiger charge is 2.28. The van der Waals surface area contributed by atoms with Gasteiger partial charge in [-0.3, -0.25) is 0 Å². The molecule has 0 bridgehead atoms. The number of nitrogens with zero attached hydrogens (tertiary/aromatic N) is 2. The minimum Gasteiger partial charge on any atom is -0.384 e. The highest BCUT2D eigenvalue weighted by molar-refractivity contribution is 5.02. The molecule has 0 aliphatic carbocycles. The van der Waals surface area contributed by atoms with Gasteiger partial charge in [0.2, 0.25) is 5.89 Å². The largest absolute Gasteiger partial charge is 0.384 e. The summed E-state index contributed by atoms with van der Waals surface area (Å²) < 4.78 is 15.8. The van der Waals surface area contributed by atoms with Crippen LogP contribution >= 0.6 is 0 Å². The van der Waals surface area contributed by atoms with Crippen molar-refractivity contribution in [3.05, 3.63) is 11.7 Å². The molecule has 0 radical (unpaired) electrons. The van der Waals surface area contributed by atoms with Crippen molar-refractivity contribution >= 4 is 0 Å². The van der Waals surface area contributed by atoms with Crippen molar-refractivity contribution in [1.82, 2.24) is 10.1 Å². The van der Waals surface area contributed by atoms with Crippen LogP contribution in [0.1, 0.15) is 39.4 Å². The van der Waals surface area contributed by atoms with Gasteiger partial charge in [0.1, 0.15) is 5.54 Å². The Labute approximate surface area is 114 Å². The van der Waals surface area contributed by atoms with Crippen LogP contribution in [0.4, 0.5) is 0 Å². The van der Waals surface area contributed by atoms with E-state index in [9.17, 15) is 0 Å². The number of hydrogen-bond donors (Lipinski definition) is 1. The van der Waals surface area contributed by atoms with Gasteiger partial charge < -0.3 is 19.7 Å². The van der Waals surface area contributed by atoms with Crippen molar-refractivity contribution in [1.29, 1.82) is 0 Å².